The van der Waals surface area contributed by atoms with Gasteiger partial charge >= 0.3 is 0 Å². The van der Waals surface area contributed by atoms with Crippen LogP contribution >= 0.6 is 0 Å². The van der Waals surface area contributed by atoms with Gasteiger partial charge in [0.25, 0.3) is 0 Å². The molecule has 7 rings (SSSR count). The van der Waals surface area contributed by atoms with E-state index in [1.165, 1.54) is 50.7 Å². The zero-order chi connectivity index (χ0) is 23.7. The molecule has 6 fully saturated rings. The number of carbonyl (C=O) groups excluding carboxylic acids is 1. The van der Waals surface area contributed by atoms with Crippen molar-refractivity contribution in [1.29, 1.82) is 5.26 Å². The summed E-state index contributed by atoms with van der Waals surface area (Å²) in [6.07, 6.45) is 9.62. The van der Waals surface area contributed by atoms with Gasteiger partial charge in [0.05, 0.1) is 24.2 Å². The first-order chi connectivity index (χ1) is 16.2. The molecular weight excluding hydrogens is 455 g/mol. The minimum Gasteiger partial charge on any atom is -0.493 e. The van der Waals surface area contributed by atoms with Crippen molar-refractivity contribution in [3.63, 3.8) is 0 Å². The normalized spacial score (nSPS) is 32.9. The quantitative estimate of drug-likeness (QED) is 0.512. The molecule has 1 aliphatic heterocycles. The summed E-state index contributed by atoms with van der Waals surface area (Å²) in [6, 6.07) is 4.86. The van der Waals surface area contributed by atoms with Gasteiger partial charge in [-0.15, -0.1) is 0 Å². The van der Waals surface area contributed by atoms with Crippen LogP contribution in [0.1, 0.15) is 73.2 Å². The maximum atomic E-state index is 15.1. The molecular formula is C26H31FN2O4S. The maximum absolute atomic E-state index is 15.1. The Labute approximate surface area is 200 Å². The summed E-state index contributed by atoms with van der Waals surface area (Å²) in [5, 5.41) is 8.87. The third-order valence-electron chi connectivity index (χ3n) is 8.85. The van der Waals surface area contributed by atoms with Crippen LogP contribution in [0.5, 0.6) is 5.75 Å². The Balaban J connectivity index is 1.19. The number of nitriles is 1. The van der Waals surface area contributed by atoms with Gasteiger partial charge in [-0.3, -0.25) is 4.79 Å². The van der Waals surface area contributed by atoms with E-state index in [-0.39, 0.29) is 35.9 Å². The minimum absolute atomic E-state index is 0.0962. The lowest BCUT2D eigenvalue weighted by Gasteiger charge is -2.56. The largest absolute Gasteiger partial charge is 0.493 e. The van der Waals surface area contributed by atoms with Gasteiger partial charge in [0.15, 0.2) is 5.78 Å². The highest BCUT2D eigenvalue weighted by Crippen LogP contribution is 2.60. The number of rotatable bonds is 8. The van der Waals surface area contributed by atoms with Crippen LogP contribution in [0.2, 0.25) is 0 Å². The van der Waals surface area contributed by atoms with Gasteiger partial charge in [-0.2, -0.15) is 9.57 Å². The molecule has 1 aromatic carbocycles. The molecule has 6 aliphatic rings. The predicted octanol–water partition coefficient (Wildman–Crippen LogP) is 4.27. The van der Waals surface area contributed by atoms with E-state index in [2.05, 4.69) is 0 Å². The second-order valence-corrected chi connectivity index (χ2v) is 13.6. The van der Waals surface area contributed by atoms with Crippen molar-refractivity contribution in [2.45, 2.75) is 57.3 Å². The van der Waals surface area contributed by atoms with Crippen molar-refractivity contribution >= 4 is 15.8 Å². The highest BCUT2D eigenvalue weighted by molar-refractivity contribution is 7.89. The summed E-state index contributed by atoms with van der Waals surface area (Å²) in [4.78, 5) is 12.8. The van der Waals surface area contributed by atoms with Crippen LogP contribution in [0, 0.1) is 46.2 Å². The molecule has 0 amide bonds. The maximum Gasteiger partial charge on any atom is 0.221 e. The fraction of sp³-hybridized carbons (Fsp3) is 0.692. The molecule has 1 aromatic rings. The van der Waals surface area contributed by atoms with E-state index in [9.17, 15) is 13.2 Å². The molecule has 8 heteroatoms. The number of ketones is 1. The summed E-state index contributed by atoms with van der Waals surface area (Å²) in [7, 11) is -3.86. The number of carbonyl (C=O) groups is 1. The number of benzene rings is 1. The molecule has 5 saturated carbocycles. The van der Waals surface area contributed by atoms with Crippen LogP contribution in [0.25, 0.3) is 0 Å². The highest BCUT2D eigenvalue weighted by Gasteiger charge is 2.51. The molecule has 34 heavy (non-hydrogen) atoms. The van der Waals surface area contributed by atoms with Crippen molar-refractivity contribution < 1.29 is 22.3 Å². The summed E-state index contributed by atoms with van der Waals surface area (Å²) < 4.78 is 47.6. The Kier molecular flexibility index (Phi) is 5.31. The molecule has 5 aliphatic carbocycles. The molecule has 1 saturated heterocycles. The molecule has 0 unspecified atom stereocenters. The number of hydrogen-bond donors (Lipinski definition) is 0. The first kappa shape index (κ1) is 22.5. The first-order valence-corrected chi connectivity index (χ1v) is 14.2. The third-order valence-corrected chi connectivity index (χ3v) is 10.6. The number of ether oxygens (including phenoxy) is 1. The van der Waals surface area contributed by atoms with Crippen LogP contribution in [0.3, 0.4) is 0 Å². The molecule has 0 radical (unpaired) electrons. The van der Waals surface area contributed by atoms with Gasteiger partial charge in [0.1, 0.15) is 17.3 Å². The molecule has 6 nitrogen and oxygen atoms in total. The standard InChI is InChI=1S/C26H31FN2O4S/c27-23-7-25(33-15-26-8-16-3-17(9-26)5-18(4-16)10-26)21(20-1-2-20)6-22(23)24(30)14-34(31,32)29-12-19(11-28)13-29/h6-7,16-20H,1-5,8-10,12-15H2. The van der Waals surface area contributed by atoms with Gasteiger partial charge in [-0.05, 0) is 86.7 Å². The molecule has 0 aromatic heterocycles. The van der Waals surface area contributed by atoms with Crippen LogP contribution in [0.15, 0.2) is 12.1 Å². The monoisotopic (exact) mass is 486 g/mol. The van der Waals surface area contributed by atoms with E-state index < -0.39 is 27.4 Å². The van der Waals surface area contributed by atoms with E-state index in [1.807, 2.05) is 6.07 Å². The van der Waals surface area contributed by atoms with Crippen molar-refractivity contribution in [1.82, 2.24) is 4.31 Å². The average Bonchev–Trinajstić information content (AvgIpc) is 3.55. The SMILES string of the molecule is N#CC1CN(S(=O)(=O)CC(=O)c2cc(C3CC3)c(OCC34CC5CC(CC(C5)C3)C4)cc2F)C1. The lowest BCUT2D eigenvalue weighted by Crippen LogP contribution is -2.50. The number of sulfonamides is 1. The summed E-state index contributed by atoms with van der Waals surface area (Å²) >= 11 is 0. The summed E-state index contributed by atoms with van der Waals surface area (Å²) in [6.45, 7) is 0.796. The number of hydrogen-bond acceptors (Lipinski definition) is 5. The van der Waals surface area contributed by atoms with Crippen molar-refractivity contribution in [2.24, 2.45) is 29.1 Å². The molecule has 4 bridgehead atoms. The van der Waals surface area contributed by atoms with E-state index in [0.29, 0.717) is 12.4 Å². The van der Waals surface area contributed by atoms with E-state index in [4.69, 9.17) is 10.00 Å². The fourth-order valence-electron chi connectivity index (χ4n) is 7.40. The highest BCUT2D eigenvalue weighted by atomic mass is 32.2. The van der Waals surface area contributed by atoms with Gasteiger partial charge < -0.3 is 4.74 Å². The van der Waals surface area contributed by atoms with Gasteiger partial charge in [0, 0.05) is 24.6 Å². The van der Waals surface area contributed by atoms with Gasteiger partial charge in [-0.1, -0.05) is 0 Å². The second kappa shape index (κ2) is 8.03. The fourth-order valence-corrected chi connectivity index (χ4v) is 8.89. The lowest BCUT2D eigenvalue weighted by atomic mass is 9.50. The Morgan fingerprint density at radius 3 is 2.29 bits per heavy atom. The summed E-state index contributed by atoms with van der Waals surface area (Å²) in [5.41, 5.74) is 0.859. The lowest BCUT2D eigenvalue weighted by molar-refractivity contribution is -0.0747. The van der Waals surface area contributed by atoms with Gasteiger partial charge in [0.2, 0.25) is 10.0 Å². The van der Waals surface area contributed by atoms with Crippen LogP contribution in [-0.4, -0.2) is 44.0 Å². The number of halogens is 1. The minimum atomic E-state index is -3.86. The third kappa shape index (κ3) is 4.05. The van der Waals surface area contributed by atoms with Crippen molar-refractivity contribution in [3.8, 4) is 11.8 Å². The van der Waals surface area contributed by atoms with Crippen molar-refractivity contribution in [2.75, 3.05) is 25.4 Å². The molecule has 1 heterocycles. The second-order valence-electron chi connectivity index (χ2n) is 11.7. The zero-order valence-electron chi connectivity index (χ0n) is 19.3. The number of Topliss-reactive ketones (excluding diaryl/α,β-unsaturated/α-hetero) is 1. The molecule has 0 spiro atoms. The Hall–Kier alpha value is -1.98. The Morgan fingerprint density at radius 2 is 1.74 bits per heavy atom. The average molecular weight is 487 g/mol. The molecule has 0 N–H and O–H groups in total. The summed E-state index contributed by atoms with van der Waals surface area (Å²) in [5.74, 6) is 0.615. The van der Waals surface area contributed by atoms with Gasteiger partial charge in [-0.25, -0.2) is 12.8 Å². The van der Waals surface area contributed by atoms with E-state index in [0.717, 1.165) is 40.5 Å². The first-order valence-electron chi connectivity index (χ1n) is 12.6. The Bertz CT molecular complexity index is 1130. The van der Waals surface area contributed by atoms with Crippen molar-refractivity contribution in [3.05, 3.63) is 29.1 Å². The number of nitrogens with zero attached hydrogens (tertiary/aromatic N) is 2. The predicted molar refractivity (Wildman–Crippen MR) is 123 cm³/mol. The Morgan fingerprint density at radius 1 is 1.12 bits per heavy atom. The topological polar surface area (TPSA) is 87.5 Å². The zero-order valence-corrected chi connectivity index (χ0v) is 20.2. The van der Waals surface area contributed by atoms with Crippen LogP contribution in [0.4, 0.5) is 4.39 Å². The van der Waals surface area contributed by atoms with Crippen LogP contribution < -0.4 is 4.74 Å². The van der Waals surface area contributed by atoms with E-state index >= 15 is 4.39 Å². The molecule has 0 atom stereocenters. The van der Waals surface area contributed by atoms with Crippen LogP contribution in [-0.2, 0) is 10.0 Å². The smallest absolute Gasteiger partial charge is 0.221 e. The van der Waals surface area contributed by atoms with E-state index in [1.54, 1.807) is 0 Å². The molecule has 182 valence electrons.